The minimum absolute atomic E-state index is 0.463. The van der Waals surface area contributed by atoms with Crippen molar-refractivity contribution in [1.82, 2.24) is 9.88 Å². The average molecular weight is 316 g/mol. The second kappa shape index (κ2) is 5.78. The van der Waals surface area contributed by atoms with Gasteiger partial charge in [-0.05, 0) is 55.5 Å². The fourth-order valence-corrected chi connectivity index (χ4v) is 4.98. The van der Waals surface area contributed by atoms with Crippen LogP contribution in [0.15, 0.2) is 60.8 Å². The first kappa shape index (κ1) is 14.3. The number of hydrogen-bond donors (Lipinski definition) is 1. The third-order valence-corrected chi connectivity index (χ3v) is 6.19. The molecule has 0 amide bonds. The number of nitrogens with one attached hydrogen (secondary N) is 1. The number of H-pyrrole nitrogens is 1. The highest BCUT2D eigenvalue weighted by atomic mass is 15.2. The van der Waals surface area contributed by atoms with Gasteiger partial charge in [0.2, 0.25) is 0 Å². The van der Waals surface area contributed by atoms with Crippen LogP contribution in [0.1, 0.15) is 36.3 Å². The highest BCUT2D eigenvalue weighted by molar-refractivity contribution is 5.84. The molecule has 1 N–H and O–H groups in total. The fourth-order valence-electron chi connectivity index (χ4n) is 4.98. The maximum atomic E-state index is 3.50. The van der Waals surface area contributed by atoms with Crippen LogP contribution in [0.2, 0.25) is 0 Å². The molecule has 2 heteroatoms. The zero-order valence-electron chi connectivity index (χ0n) is 14.0. The van der Waals surface area contributed by atoms with E-state index in [1.54, 1.807) is 0 Å². The summed E-state index contributed by atoms with van der Waals surface area (Å²) >= 11 is 0. The summed E-state index contributed by atoms with van der Waals surface area (Å²) in [6.45, 7) is 2.56. The van der Waals surface area contributed by atoms with Crippen LogP contribution in [0.4, 0.5) is 0 Å². The van der Waals surface area contributed by atoms with Crippen molar-refractivity contribution in [3.8, 4) is 0 Å². The Kier molecular flexibility index (Phi) is 3.45. The van der Waals surface area contributed by atoms with E-state index in [4.69, 9.17) is 0 Å². The van der Waals surface area contributed by atoms with E-state index in [2.05, 4.69) is 70.7 Å². The normalized spacial score (nSPS) is 27.4. The highest BCUT2D eigenvalue weighted by Gasteiger charge is 2.39. The Bertz CT molecular complexity index is 827. The Labute approximate surface area is 143 Å². The third kappa shape index (κ3) is 2.29. The van der Waals surface area contributed by atoms with Crippen molar-refractivity contribution in [1.29, 1.82) is 0 Å². The van der Waals surface area contributed by atoms with Crippen molar-refractivity contribution in [2.24, 2.45) is 5.92 Å². The number of rotatable bonds is 3. The summed E-state index contributed by atoms with van der Waals surface area (Å²) in [4.78, 5) is 6.25. The molecule has 122 valence electrons. The molecule has 3 fully saturated rings. The summed E-state index contributed by atoms with van der Waals surface area (Å²) in [7, 11) is 0. The van der Waals surface area contributed by atoms with Gasteiger partial charge >= 0.3 is 0 Å². The Morgan fingerprint density at radius 3 is 2.42 bits per heavy atom. The number of nitrogens with zero attached hydrogens (tertiary/aromatic N) is 1. The number of fused-ring (bicyclic) bond motifs is 4. The minimum atomic E-state index is 0.463. The maximum absolute atomic E-state index is 3.50. The molecule has 3 aliphatic rings. The van der Waals surface area contributed by atoms with E-state index in [9.17, 15) is 0 Å². The topological polar surface area (TPSA) is 19.0 Å². The summed E-state index contributed by atoms with van der Waals surface area (Å²) in [5, 5.41) is 1.38. The standard InChI is InChI=1S/C22H24N2/c1-2-6-17(7-3-1)22(21-14-16-10-12-24(21)13-11-16)19-15-23-20-9-5-4-8-18(19)20/h1-9,15-16,21-23H,10-14H2. The largest absolute Gasteiger partial charge is 0.361 e. The molecule has 2 unspecified atom stereocenters. The van der Waals surface area contributed by atoms with E-state index < -0.39 is 0 Å². The summed E-state index contributed by atoms with van der Waals surface area (Å²) < 4.78 is 0. The molecule has 3 saturated heterocycles. The van der Waals surface area contributed by atoms with Crippen molar-refractivity contribution < 1.29 is 0 Å². The van der Waals surface area contributed by atoms with Crippen molar-refractivity contribution in [2.75, 3.05) is 13.1 Å². The van der Waals surface area contributed by atoms with Crippen molar-refractivity contribution in [3.05, 3.63) is 71.9 Å². The van der Waals surface area contributed by atoms with Crippen molar-refractivity contribution in [2.45, 2.75) is 31.2 Å². The first-order valence-corrected chi connectivity index (χ1v) is 9.25. The number of aromatic amines is 1. The third-order valence-electron chi connectivity index (χ3n) is 6.19. The Morgan fingerprint density at radius 1 is 0.917 bits per heavy atom. The lowest BCUT2D eigenvalue weighted by atomic mass is 9.74. The van der Waals surface area contributed by atoms with Crippen LogP contribution < -0.4 is 0 Å². The van der Waals surface area contributed by atoms with Gasteiger partial charge in [0, 0.05) is 29.1 Å². The molecule has 0 aliphatic carbocycles. The lowest BCUT2D eigenvalue weighted by Gasteiger charge is -2.48. The van der Waals surface area contributed by atoms with E-state index in [1.807, 2.05) is 0 Å². The summed E-state index contributed by atoms with van der Waals surface area (Å²) in [6, 6.07) is 20.5. The summed E-state index contributed by atoms with van der Waals surface area (Å²) in [5.74, 6) is 1.39. The first-order valence-electron chi connectivity index (χ1n) is 9.25. The van der Waals surface area contributed by atoms with Crippen LogP contribution in [0.25, 0.3) is 10.9 Å². The molecule has 0 saturated carbocycles. The lowest BCUT2D eigenvalue weighted by Crippen LogP contribution is -2.51. The molecule has 24 heavy (non-hydrogen) atoms. The van der Waals surface area contributed by atoms with Crippen LogP contribution in [0.3, 0.4) is 0 Å². The van der Waals surface area contributed by atoms with E-state index in [1.165, 1.54) is 54.4 Å². The van der Waals surface area contributed by atoms with Crippen LogP contribution in [0, 0.1) is 5.92 Å². The summed E-state index contributed by atoms with van der Waals surface area (Å²) in [5.41, 5.74) is 4.18. The van der Waals surface area contributed by atoms with Gasteiger partial charge in [-0.1, -0.05) is 48.5 Å². The quantitative estimate of drug-likeness (QED) is 0.736. The maximum Gasteiger partial charge on any atom is 0.0457 e. The van der Waals surface area contributed by atoms with Gasteiger partial charge in [-0.3, -0.25) is 4.90 Å². The number of para-hydroxylation sites is 1. The number of hydrogen-bond acceptors (Lipinski definition) is 1. The number of benzene rings is 2. The van der Waals surface area contributed by atoms with Gasteiger partial charge in [0.05, 0.1) is 0 Å². The van der Waals surface area contributed by atoms with E-state index in [0.29, 0.717) is 12.0 Å². The zero-order chi connectivity index (χ0) is 15.9. The van der Waals surface area contributed by atoms with E-state index in [0.717, 1.165) is 5.92 Å². The highest BCUT2D eigenvalue weighted by Crippen LogP contribution is 2.43. The predicted octanol–water partition coefficient (Wildman–Crippen LogP) is 4.78. The minimum Gasteiger partial charge on any atom is -0.361 e. The monoisotopic (exact) mass is 316 g/mol. The molecule has 6 rings (SSSR count). The van der Waals surface area contributed by atoms with Gasteiger partial charge in [-0.25, -0.2) is 0 Å². The SMILES string of the molecule is c1ccc(C(c2c[nH]c3ccccc23)C2CC3CCN2CC3)cc1. The molecular formula is C22H24N2. The van der Waals surface area contributed by atoms with E-state index >= 15 is 0 Å². The predicted molar refractivity (Wildman–Crippen MR) is 99.3 cm³/mol. The molecule has 1 aromatic heterocycles. The summed E-state index contributed by atoms with van der Waals surface area (Å²) in [6.07, 6.45) is 6.39. The molecule has 0 spiro atoms. The van der Waals surface area contributed by atoms with Gasteiger partial charge < -0.3 is 4.98 Å². The molecule has 3 aliphatic heterocycles. The van der Waals surface area contributed by atoms with Crippen LogP contribution in [0.5, 0.6) is 0 Å². The fraction of sp³-hybridized carbons (Fsp3) is 0.364. The Morgan fingerprint density at radius 2 is 1.67 bits per heavy atom. The van der Waals surface area contributed by atoms with Crippen LogP contribution in [-0.4, -0.2) is 29.0 Å². The smallest absolute Gasteiger partial charge is 0.0457 e. The van der Waals surface area contributed by atoms with Gasteiger partial charge in [0.15, 0.2) is 0 Å². The molecule has 4 heterocycles. The number of piperidine rings is 3. The van der Waals surface area contributed by atoms with Gasteiger partial charge in [0.25, 0.3) is 0 Å². The molecule has 0 radical (unpaired) electrons. The number of aromatic nitrogens is 1. The second-order valence-corrected chi connectivity index (χ2v) is 7.46. The van der Waals surface area contributed by atoms with Crippen LogP contribution in [-0.2, 0) is 0 Å². The lowest BCUT2D eigenvalue weighted by molar-refractivity contribution is 0.0413. The molecule has 3 aromatic rings. The molecule has 2 bridgehead atoms. The van der Waals surface area contributed by atoms with Gasteiger partial charge in [-0.15, -0.1) is 0 Å². The Balaban J connectivity index is 1.65. The van der Waals surface area contributed by atoms with E-state index in [-0.39, 0.29) is 0 Å². The molecule has 2 aromatic carbocycles. The average Bonchev–Trinajstić information content (AvgIpc) is 3.08. The van der Waals surface area contributed by atoms with Crippen molar-refractivity contribution in [3.63, 3.8) is 0 Å². The molecular weight excluding hydrogens is 292 g/mol. The molecule has 2 nitrogen and oxygen atoms in total. The zero-order valence-corrected chi connectivity index (χ0v) is 14.0. The van der Waals surface area contributed by atoms with Crippen molar-refractivity contribution >= 4 is 10.9 Å². The van der Waals surface area contributed by atoms with Gasteiger partial charge in [0.1, 0.15) is 0 Å². The second-order valence-electron chi connectivity index (χ2n) is 7.46. The Hall–Kier alpha value is -2.06. The molecule has 2 atom stereocenters. The van der Waals surface area contributed by atoms with Crippen LogP contribution >= 0.6 is 0 Å². The first-order chi connectivity index (χ1) is 11.9. The van der Waals surface area contributed by atoms with Gasteiger partial charge in [-0.2, -0.15) is 0 Å².